The molecule has 0 saturated carbocycles. The molecule has 2 aromatic carbocycles. The quantitative estimate of drug-likeness (QED) is 0.771. The summed E-state index contributed by atoms with van der Waals surface area (Å²) in [6, 6.07) is 11.5. The van der Waals surface area contributed by atoms with E-state index in [9.17, 15) is 9.59 Å². The van der Waals surface area contributed by atoms with Crippen LogP contribution in [0.25, 0.3) is 0 Å². The van der Waals surface area contributed by atoms with Crippen LogP contribution in [0.4, 0.5) is 16.2 Å². The molecule has 2 N–H and O–H groups in total. The third-order valence-corrected chi connectivity index (χ3v) is 4.56. The molecule has 2 aromatic rings. The van der Waals surface area contributed by atoms with Crippen molar-refractivity contribution in [2.75, 3.05) is 30.5 Å². The lowest BCUT2D eigenvalue weighted by molar-refractivity contribution is -0.117. The van der Waals surface area contributed by atoms with E-state index in [4.69, 9.17) is 21.1 Å². The number of methoxy groups -OCH3 is 1. The molecule has 3 amide bonds. The van der Waals surface area contributed by atoms with Crippen LogP contribution < -0.4 is 25.0 Å². The number of hydrogen-bond donors (Lipinski definition) is 2. The Bertz CT molecular complexity index is 857. The number of rotatable bonds is 6. The fourth-order valence-corrected chi connectivity index (χ4v) is 3.24. The summed E-state index contributed by atoms with van der Waals surface area (Å²) in [7, 11) is 1.51. The molecule has 1 saturated heterocycles. The average molecular weight is 404 g/mol. The molecule has 0 radical (unpaired) electrons. The van der Waals surface area contributed by atoms with Crippen LogP contribution >= 0.6 is 11.6 Å². The molecule has 7 nitrogen and oxygen atoms in total. The van der Waals surface area contributed by atoms with E-state index in [0.717, 1.165) is 11.4 Å². The number of ether oxygens (including phenoxy) is 2. The van der Waals surface area contributed by atoms with Gasteiger partial charge >= 0.3 is 6.03 Å². The van der Waals surface area contributed by atoms with E-state index < -0.39 is 6.03 Å². The van der Waals surface area contributed by atoms with Gasteiger partial charge in [0.05, 0.1) is 25.4 Å². The maximum atomic E-state index is 12.4. The van der Waals surface area contributed by atoms with Crippen molar-refractivity contribution < 1.29 is 19.1 Å². The summed E-state index contributed by atoms with van der Waals surface area (Å²) in [5, 5.41) is 6.02. The molecule has 1 fully saturated rings. The van der Waals surface area contributed by atoms with Gasteiger partial charge in [-0.25, -0.2) is 4.79 Å². The fraction of sp³-hybridized carbons (Fsp3) is 0.300. The Labute approximate surface area is 168 Å². The topological polar surface area (TPSA) is 79.9 Å². The number of nitrogens with zero attached hydrogens (tertiary/aromatic N) is 1. The van der Waals surface area contributed by atoms with Gasteiger partial charge in [0, 0.05) is 23.7 Å². The maximum absolute atomic E-state index is 12.4. The second kappa shape index (κ2) is 8.84. The molecular formula is C20H22ClN3O4. The largest absolute Gasteiger partial charge is 0.495 e. The first-order valence-electron chi connectivity index (χ1n) is 8.94. The van der Waals surface area contributed by atoms with Crippen molar-refractivity contribution in [1.29, 1.82) is 0 Å². The van der Waals surface area contributed by atoms with Crippen molar-refractivity contribution in [3.05, 3.63) is 47.5 Å². The molecule has 1 heterocycles. The monoisotopic (exact) mass is 403 g/mol. The predicted molar refractivity (Wildman–Crippen MR) is 109 cm³/mol. The molecule has 1 aliphatic heterocycles. The van der Waals surface area contributed by atoms with E-state index in [2.05, 4.69) is 10.6 Å². The van der Waals surface area contributed by atoms with Crippen LogP contribution in [0.3, 0.4) is 0 Å². The Morgan fingerprint density at radius 3 is 2.68 bits per heavy atom. The minimum absolute atomic E-state index is 0.0465. The number of amides is 3. The molecule has 1 aliphatic rings. The van der Waals surface area contributed by atoms with E-state index in [1.165, 1.54) is 7.11 Å². The molecule has 0 bridgehead atoms. The molecule has 1 atom stereocenters. The first kappa shape index (κ1) is 19.8. The SMILES string of the molecule is CCOc1ccc(N2C[C@H](NC(=O)Nc3cc(Cl)ccc3OC)CC2=O)cc1. The van der Waals surface area contributed by atoms with Crippen LogP contribution in [0.2, 0.25) is 5.02 Å². The minimum atomic E-state index is -0.424. The molecule has 0 aliphatic carbocycles. The lowest BCUT2D eigenvalue weighted by Crippen LogP contribution is -2.39. The summed E-state index contributed by atoms with van der Waals surface area (Å²) >= 11 is 5.98. The van der Waals surface area contributed by atoms with Crippen molar-refractivity contribution in [2.24, 2.45) is 0 Å². The van der Waals surface area contributed by atoms with Crippen LogP contribution in [0.5, 0.6) is 11.5 Å². The van der Waals surface area contributed by atoms with Crippen LogP contribution in [0.1, 0.15) is 13.3 Å². The van der Waals surface area contributed by atoms with E-state index in [1.54, 1.807) is 23.1 Å². The number of carbonyl (C=O) groups is 2. The second-order valence-corrected chi connectivity index (χ2v) is 6.71. The number of nitrogens with one attached hydrogen (secondary N) is 2. The molecule has 148 valence electrons. The summed E-state index contributed by atoms with van der Waals surface area (Å²) in [5.41, 5.74) is 1.23. The Morgan fingerprint density at radius 1 is 1.25 bits per heavy atom. The zero-order chi connectivity index (χ0) is 20.1. The first-order chi connectivity index (χ1) is 13.5. The van der Waals surface area contributed by atoms with Gasteiger partial charge in [-0.15, -0.1) is 0 Å². The number of halogens is 1. The zero-order valence-electron chi connectivity index (χ0n) is 15.7. The van der Waals surface area contributed by atoms with Gasteiger partial charge in [-0.1, -0.05) is 11.6 Å². The predicted octanol–water partition coefficient (Wildman–Crippen LogP) is 3.67. The second-order valence-electron chi connectivity index (χ2n) is 6.28. The van der Waals surface area contributed by atoms with Gasteiger partial charge in [0.15, 0.2) is 0 Å². The molecule has 0 aromatic heterocycles. The Hall–Kier alpha value is -2.93. The van der Waals surface area contributed by atoms with E-state index in [0.29, 0.717) is 29.6 Å². The highest BCUT2D eigenvalue weighted by Gasteiger charge is 2.31. The third kappa shape index (κ3) is 4.67. The standard InChI is InChI=1S/C20H22ClN3O4/c1-3-28-16-7-5-15(6-8-16)24-12-14(11-19(24)25)22-20(26)23-17-10-13(21)4-9-18(17)27-2/h4-10,14H,3,11-12H2,1-2H3,(H2,22,23,26)/t14-/m1/s1. The molecule has 0 unspecified atom stereocenters. The van der Waals surface area contributed by atoms with E-state index in [1.807, 2.05) is 31.2 Å². The molecule has 28 heavy (non-hydrogen) atoms. The Morgan fingerprint density at radius 2 is 2.00 bits per heavy atom. The van der Waals surface area contributed by atoms with Crippen LogP contribution in [0.15, 0.2) is 42.5 Å². The van der Waals surface area contributed by atoms with Crippen LogP contribution in [-0.2, 0) is 4.79 Å². The smallest absolute Gasteiger partial charge is 0.319 e. The zero-order valence-corrected chi connectivity index (χ0v) is 16.5. The van der Waals surface area contributed by atoms with E-state index >= 15 is 0 Å². The van der Waals surface area contributed by atoms with Gasteiger partial charge in [-0.05, 0) is 49.4 Å². The summed E-state index contributed by atoms with van der Waals surface area (Å²) < 4.78 is 10.6. The Balaban J connectivity index is 1.61. The summed E-state index contributed by atoms with van der Waals surface area (Å²) in [6.45, 7) is 2.89. The number of carbonyl (C=O) groups excluding carboxylic acids is 2. The molecule has 8 heteroatoms. The van der Waals surface area contributed by atoms with Gasteiger partial charge in [-0.3, -0.25) is 4.79 Å². The van der Waals surface area contributed by atoms with Crippen LogP contribution in [0, 0.1) is 0 Å². The molecule has 0 spiro atoms. The summed E-state index contributed by atoms with van der Waals surface area (Å²) in [6.07, 6.45) is 0.229. The van der Waals surface area contributed by atoms with Gasteiger partial charge in [0.1, 0.15) is 11.5 Å². The highest BCUT2D eigenvalue weighted by atomic mass is 35.5. The number of benzene rings is 2. The minimum Gasteiger partial charge on any atom is -0.495 e. The van der Waals surface area contributed by atoms with Crippen molar-refractivity contribution >= 4 is 34.9 Å². The number of hydrogen-bond acceptors (Lipinski definition) is 4. The first-order valence-corrected chi connectivity index (χ1v) is 9.32. The average Bonchev–Trinajstić information content (AvgIpc) is 3.02. The molecular weight excluding hydrogens is 382 g/mol. The van der Waals surface area contributed by atoms with Crippen molar-refractivity contribution in [1.82, 2.24) is 5.32 Å². The Kier molecular flexibility index (Phi) is 6.26. The van der Waals surface area contributed by atoms with Gasteiger partial charge in [0.25, 0.3) is 0 Å². The highest BCUT2D eigenvalue weighted by Crippen LogP contribution is 2.28. The third-order valence-electron chi connectivity index (χ3n) is 4.33. The molecule has 3 rings (SSSR count). The lowest BCUT2D eigenvalue weighted by Gasteiger charge is -2.18. The van der Waals surface area contributed by atoms with Crippen molar-refractivity contribution in [2.45, 2.75) is 19.4 Å². The van der Waals surface area contributed by atoms with E-state index in [-0.39, 0.29) is 18.4 Å². The fourth-order valence-electron chi connectivity index (χ4n) is 3.06. The van der Waals surface area contributed by atoms with Crippen LogP contribution in [-0.4, -0.2) is 38.2 Å². The summed E-state index contributed by atoms with van der Waals surface area (Å²) in [4.78, 5) is 26.4. The number of urea groups is 1. The lowest BCUT2D eigenvalue weighted by atomic mass is 10.2. The summed E-state index contributed by atoms with van der Waals surface area (Å²) in [5.74, 6) is 1.20. The normalized spacial score (nSPS) is 16.0. The van der Waals surface area contributed by atoms with Gasteiger partial charge in [0.2, 0.25) is 5.91 Å². The maximum Gasteiger partial charge on any atom is 0.319 e. The van der Waals surface area contributed by atoms with Gasteiger partial charge < -0.3 is 25.0 Å². The number of anilines is 2. The van der Waals surface area contributed by atoms with Crippen molar-refractivity contribution in [3.8, 4) is 11.5 Å². The highest BCUT2D eigenvalue weighted by molar-refractivity contribution is 6.31. The van der Waals surface area contributed by atoms with Crippen molar-refractivity contribution in [3.63, 3.8) is 0 Å². The van der Waals surface area contributed by atoms with Gasteiger partial charge in [-0.2, -0.15) is 0 Å².